The highest BCUT2D eigenvalue weighted by Gasteiger charge is 2.29. The lowest BCUT2D eigenvalue weighted by atomic mass is 9.95. The third kappa shape index (κ3) is 4.05. The van der Waals surface area contributed by atoms with Gasteiger partial charge in [0.1, 0.15) is 11.5 Å². The highest BCUT2D eigenvalue weighted by Crippen LogP contribution is 2.39. The van der Waals surface area contributed by atoms with Crippen LogP contribution in [-0.2, 0) is 27.2 Å². The van der Waals surface area contributed by atoms with Crippen molar-refractivity contribution in [2.24, 2.45) is 0 Å². The summed E-state index contributed by atoms with van der Waals surface area (Å²) >= 11 is 1.45. The van der Waals surface area contributed by atoms with Crippen LogP contribution < -0.4 is 15.0 Å². The van der Waals surface area contributed by atoms with Gasteiger partial charge in [0, 0.05) is 4.88 Å². The zero-order valence-electron chi connectivity index (χ0n) is 17.1. The molecule has 2 aliphatic rings. The number of hydrogen-bond acceptors (Lipinski definition) is 7. The third-order valence-corrected chi connectivity index (χ3v) is 6.45. The van der Waals surface area contributed by atoms with E-state index in [0.29, 0.717) is 22.0 Å². The number of anilines is 2. The summed E-state index contributed by atoms with van der Waals surface area (Å²) in [5.41, 5.74) is 3.16. The van der Waals surface area contributed by atoms with E-state index >= 15 is 0 Å². The predicted octanol–water partition coefficient (Wildman–Crippen LogP) is 3.48. The molecule has 0 saturated heterocycles. The number of carbonyl (C=O) groups excluding carboxylic acids is 3. The summed E-state index contributed by atoms with van der Waals surface area (Å²) < 4.78 is 10.5. The van der Waals surface area contributed by atoms with Crippen molar-refractivity contribution in [3.05, 3.63) is 39.8 Å². The van der Waals surface area contributed by atoms with Crippen molar-refractivity contribution in [2.75, 3.05) is 29.9 Å². The number of nitrogens with one attached hydrogen (secondary N) is 1. The molecule has 0 spiro atoms. The first-order valence-electron chi connectivity index (χ1n) is 10.1. The maximum absolute atomic E-state index is 12.9. The minimum Gasteiger partial charge on any atom is -0.462 e. The summed E-state index contributed by atoms with van der Waals surface area (Å²) in [6, 6.07) is 5.54. The van der Waals surface area contributed by atoms with Gasteiger partial charge in [0.05, 0.1) is 24.4 Å². The zero-order chi connectivity index (χ0) is 21.3. The van der Waals surface area contributed by atoms with E-state index in [1.807, 2.05) is 19.1 Å². The molecule has 1 aliphatic carbocycles. The van der Waals surface area contributed by atoms with Crippen molar-refractivity contribution >= 4 is 39.9 Å². The Balaban J connectivity index is 1.56. The van der Waals surface area contributed by atoms with Crippen LogP contribution in [0.25, 0.3) is 0 Å². The van der Waals surface area contributed by atoms with Gasteiger partial charge in [-0.25, -0.2) is 9.59 Å². The zero-order valence-corrected chi connectivity index (χ0v) is 17.9. The van der Waals surface area contributed by atoms with Crippen LogP contribution in [0.2, 0.25) is 0 Å². The second kappa shape index (κ2) is 8.47. The lowest BCUT2D eigenvalue weighted by Crippen LogP contribution is -2.41. The van der Waals surface area contributed by atoms with Crippen LogP contribution in [0.3, 0.4) is 0 Å². The second-order valence-electron chi connectivity index (χ2n) is 7.48. The van der Waals surface area contributed by atoms with Gasteiger partial charge in [0.15, 0.2) is 5.75 Å². The van der Waals surface area contributed by atoms with Crippen molar-refractivity contribution in [3.63, 3.8) is 0 Å². The minimum atomic E-state index is -0.403. The Morgan fingerprint density at radius 2 is 2.07 bits per heavy atom. The fourth-order valence-corrected chi connectivity index (χ4v) is 5.21. The Bertz CT molecular complexity index is 1010. The van der Waals surface area contributed by atoms with Gasteiger partial charge in [-0.1, -0.05) is 6.07 Å². The van der Waals surface area contributed by atoms with Gasteiger partial charge in [0.2, 0.25) is 5.91 Å². The van der Waals surface area contributed by atoms with Gasteiger partial charge < -0.3 is 19.7 Å². The molecule has 0 unspecified atom stereocenters. The van der Waals surface area contributed by atoms with Gasteiger partial charge in [0.25, 0.3) is 0 Å². The summed E-state index contributed by atoms with van der Waals surface area (Å²) in [4.78, 5) is 40.2. The molecule has 1 aromatic carbocycles. The molecule has 8 heteroatoms. The molecule has 0 radical (unpaired) electrons. The highest BCUT2D eigenvalue weighted by atomic mass is 32.1. The number of thiophene rings is 1. The van der Waals surface area contributed by atoms with E-state index in [2.05, 4.69) is 5.32 Å². The van der Waals surface area contributed by atoms with Crippen molar-refractivity contribution in [1.82, 2.24) is 0 Å². The summed E-state index contributed by atoms with van der Waals surface area (Å²) in [7, 11) is 0. The average molecular weight is 429 g/mol. The smallest absolute Gasteiger partial charge is 0.341 e. The standard InChI is InChI=1S/C22H24N2O5S/c1-3-28-22(27)20-14-6-4-5-7-17(14)30-21(20)23-18(25)11-24-12-19(26)29-16-10-13(2)8-9-15(16)24/h8-10H,3-7,11-12H2,1-2H3,(H,23,25). The number of aryl methyl sites for hydroxylation is 2. The SMILES string of the molecule is CCOC(=O)c1c(NC(=O)CN2CC(=O)Oc3cc(C)ccc32)sc2c1CCCC2. The Kier molecular flexibility index (Phi) is 5.76. The lowest BCUT2D eigenvalue weighted by molar-refractivity contribution is -0.133. The fourth-order valence-electron chi connectivity index (χ4n) is 3.91. The normalized spacial score (nSPS) is 15.1. The molecule has 0 saturated carbocycles. The van der Waals surface area contributed by atoms with Crippen LogP contribution in [0.5, 0.6) is 5.75 Å². The van der Waals surface area contributed by atoms with Crippen molar-refractivity contribution in [1.29, 1.82) is 0 Å². The summed E-state index contributed by atoms with van der Waals surface area (Å²) in [6.07, 6.45) is 3.83. The van der Waals surface area contributed by atoms with E-state index in [1.165, 1.54) is 11.3 Å². The van der Waals surface area contributed by atoms with Crippen LogP contribution in [0.4, 0.5) is 10.7 Å². The highest BCUT2D eigenvalue weighted by molar-refractivity contribution is 7.17. The van der Waals surface area contributed by atoms with E-state index in [9.17, 15) is 14.4 Å². The van der Waals surface area contributed by atoms with E-state index < -0.39 is 11.9 Å². The molecule has 0 fully saturated rings. The Morgan fingerprint density at radius 3 is 2.87 bits per heavy atom. The van der Waals surface area contributed by atoms with Crippen LogP contribution >= 0.6 is 11.3 Å². The summed E-state index contributed by atoms with van der Waals surface area (Å²) in [5, 5.41) is 3.43. The number of carbonyl (C=O) groups is 3. The van der Waals surface area contributed by atoms with E-state index in [0.717, 1.165) is 41.7 Å². The molecule has 1 aliphatic heterocycles. The molecule has 4 rings (SSSR count). The second-order valence-corrected chi connectivity index (χ2v) is 8.59. The number of nitrogens with zero attached hydrogens (tertiary/aromatic N) is 1. The number of amides is 1. The first-order valence-corrected chi connectivity index (χ1v) is 11.0. The molecule has 0 bridgehead atoms. The molecular weight excluding hydrogens is 404 g/mol. The van der Waals surface area contributed by atoms with Crippen molar-refractivity contribution in [3.8, 4) is 5.75 Å². The molecule has 1 N–H and O–H groups in total. The van der Waals surface area contributed by atoms with Crippen LogP contribution in [0, 0.1) is 6.92 Å². The Hall–Kier alpha value is -2.87. The van der Waals surface area contributed by atoms with E-state index in [-0.39, 0.29) is 25.6 Å². The number of ether oxygens (including phenoxy) is 2. The first-order chi connectivity index (χ1) is 14.5. The number of esters is 2. The maximum Gasteiger partial charge on any atom is 0.341 e. The molecule has 158 valence electrons. The van der Waals surface area contributed by atoms with Gasteiger partial charge >= 0.3 is 11.9 Å². The molecule has 1 aromatic heterocycles. The van der Waals surface area contributed by atoms with Crippen LogP contribution in [-0.4, -0.2) is 37.5 Å². The molecule has 1 amide bonds. The summed E-state index contributed by atoms with van der Waals surface area (Å²) in [6.45, 7) is 3.94. The van der Waals surface area contributed by atoms with Gasteiger partial charge in [-0.05, 0) is 62.8 Å². The number of rotatable bonds is 5. The molecule has 7 nitrogen and oxygen atoms in total. The van der Waals surface area contributed by atoms with Crippen molar-refractivity contribution in [2.45, 2.75) is 39.5 Å². The maximum atomic E-state index is 12.9. The molecular formula is C22H24N2O5S. The van der Waals surface area contributed by atoms with Gasteiger partial charge in [-0.3, -0.25) is 4.79 Å². The third-order valence-electron chi connectivity index (χ3n) is 5.24. The minimum absolute atomic E-state index is 0.00481. The predicted molar refractivity (Wildman–Crippen MR) is 115 cm³/mol. The topological polar surface area (TPSA) is 84.9 Å². The first kappa shape index (κ1) is 20.4. The fraction of sp³-hybridized carbons (Fsp3) is 0.409. The molecule has 0 atom stereocenters. The average Bonchev–Trinajstić information content (AvgIpc) is 3.05. The number of fused-ring (bicyclic) bond motifs is 2. The number of hydrogen-bond donors (Lipinski definition) is 1. The monoisotopic (exact) mass is 428 g/mol. The largest absolute Gasteiger partial charge is 0.462 e. The quantitative estimate of drug-likeness (QED) is 0.580. The van der Waals surface area contributed by atoms with Gasteiger partial charge in [-0.15, -0.1) is 11.3 Å². The van der Waals surface area contributed by atoms with Crippen molar-refractivity contribution < 1.29 is 23.9 Å². The lowest BCUT2D eigenvalue weighted by Gasteiger charge is -2.29. The summed E-state index contributed by atoms with van der Waals surface area (Å²) in [5.74, 6) is -0.632. The molecule has 30 heavy (non-hydrogen) atoms. The Morgan fingerprint density at radius 1 is 1.27 bits per heavy atom. The van der Waals surface area contributed by atoms with Gasteiger partial charge in [-0.2, -0.15) is 0 Å². The van der Waals surface area contributed by atoms with E-state index in [1.54, 1.807) is 17.9 Å². The van der Waals surface area contributed by atoms with Crippen LogP contribution in [0.15, 0.2) is 18.2 Å². The van der Waals surface area contributed by atoms with Crippen LogP contribution in [0.1, 0.15) is 46.1 Å². The number of benzene rings is 1. The van der Waals surface area contributed by atoms with E-state index in [4.69, 9.17) is 9.47 Å². The molecule has 2 aromatic rings. The Labute approximate surface area is 179 Å². The molecule has 2 heterocycles.